The highest BCUT2D eigenvalue weighted by Crippen LogP contribution is 2.38. The summed E-state index contributed by atoms with van der Waals surface area (Å²) in [6, 6.07) is 14.8. The largest absolute Gasteiger partial charge is 0.508 e. The maximum atomic E-state index is 11.8. The third-order valence-corrected chi connectivity index (χ3v) is 6.35. The van der Waals surface area contributed by atoms with E-state index in [0.717, 1.165) is 21.9 Å². The molecule has 0 bridgehead atoms. The van der Waals surface area contributed by atoms with Gasteiger partial charge in [0.05, 0.1) is 0 Å². The van der Waals surface area contributed by atoms with Crippen molar-refractivity contribution in [2.45, 2.75) is 0 Å². The van der Waals surface area contributed by atoms with Gasteiger partial charge in [-0.3, -0.25) is 4.79 Å². The van der Waals surface area contributed by atoms with Gasteiger partial charge in [0.2, 0.25) is 5.91 Å². The van der Waals surface area contributed by atoms with Crippen molar-refractivity contribution in [2.24, 2.45) is 0 Å². The fourth-order valence-electron chi connectivity index (χ4n) is 3.93. The molecule has 0 radical (unpaired) electrons. The molecular formula is C24H22ClN3O2S. The minimum atomic E-state index is -0.0733. The third-order valence-electron chi connectivity index (χ3n) is 5.56. The molecule has 4 rings (SSSR count). The van der Waals surface area contributed by atoms with Gasteiger partial charge in [0.15, 0.2) is 0 Å². The smallest absolute Gasteiger partial charge is 0.246 e. The molecule has 31 heavy (non-hydrogen) atoms. The molecule has 3 aromatic rings. The van der Waals surface area contributed by atoms with Crippen LogP contribution in [-0.4, -0.2) is 52.0 Å². The highest BCUT2D eigenvalue weighted by Gasteiger charge is 2.23. The highest BCUT2D eigenvalue weighted by molar-refractivity contribution is 7.80. The van der Waals surface area contributed by atoms with E-state index < -0.39 is 0 Å². The number of hydrogen-bond acceptors (Lipinski definition) is 4. The van der Waals surface area contributed by atoms with Gasteiger partial charge < -0.3 is 20.6 Å². The van der Waals surface area contributed by atoms with E-state index >= 15 is 0 Å². The second-order valence-corrected chi connectivity index (χ2v) is 8.25. The Labute approximate surface area is 191 Å². The maximum absolute atomic E-state index is 11.8. The number of carbonyl (C=O) groups is 1. The van der Waals surface area contributed by atoms with Gasteiger partial charge in [-0.05, 0) is 46.7 Å². The van der Waals surface area contributed by atoms with Crippen molar-refractivity contribution in [3.63, 3.8) is 0 Å². The summed E-state index contributed by atoms with van der Waals surface area (Å²) in [5.41, 5.74) is 9.15. The Morgan fingerprint density at radius 2 is 1.74 bits per heavy atom. The minimum Gasteiger partial charge on any atom is -0.508 e. The van der Waals surface area contributed by atoms with Crippen LogP contribution in [0.3, 0.4) is 0 Å². The first-order chi connectivity index (χ1) is 14.9. The number of carbonyl (C=O) groups excluding carboxylic acids is 1. The van der Waals surface area contributed by atoms with Crippen LogP contribution >= 0.6 is 23.8 Å². The van der Waals surface area contributed by atoms with E-state index in [1.54, 1.807) is 23.1 Å². The van der Waals surface area contributed by atoms with Crippen molar-refractivity contribution in [1.82, 2.24) is 9.80 Å². The second-order valence-electron chi connectivity index (χ2n) is 7.46. The molecule has 0 aromatic heterocycles. The molecule has 1 fully saturated rings. The molecule has 7 heteroatoms. The summed E-state index contributed by atoms with van der Waals surface area (Å²) in [6.45, 7) is 5.93. The number of thiocarbonyl (C=S) groups is 1. The fourth-order valence-corrected chi connectivity index (χ4v) is 4.55. The zero-order valence-electron chi connectivity index (χ0n) is 16.8. The molecule has 158 valence electrons. The van der Waals surface area contributed by atoms with Crippen LogP contribution in [0.5, 0.6) is 5.75 Å². The number of nitrogens with zero attached hydrogens (tertiary/aromatic N) is 2. The minimum absolute atomic E-state index is 0.0733. The van der Waals surface area contributed by atoms with Crippen molar-refractivity contribution in [2.75, 3.05) is 31.9 Å². The van der Waals surface area contributed by atoms with Crippen LogP contribution in [0.15, 0.2) is 61.2 Å². The molecule has 1 saturated heterocycles. The summed E-state index contributed by atoms with van der Waals surface area (Å²) in [6.07, 6.45) is 1.33. The zero-order chi connectivity index (χ0) is 22.1. The van der Waals surface area contributed by atoms with Gasteiger partial charge in [0.1, 0.15) is 10.7 Å². The molecule has 0 spiro atoms. The monoisotopic (exact) mass is 451 g/mol. The first-order valence-electron chi connectivity index (χ1n) is 9.91. The molecule has 3 N–H and O–H groups in total. The zero-order valence-corrected chi connectivity index (χ0v) is 18.4. The SMILES string of the molecule is C=CC(=O)N1CCN(C(=S)c2cc(Cl)c(-c3cc(O)cc4ccccc34)cc2N)CC1. The quantitative estimate of drug-likeness (QED) is 0.349. The summed E-state index contributed by atoms with van der Waals surface area (Å²) in [4.78, 5) is 16.2. The van der Waals surface area contributed by atoms with Crippen molar-refractivity contribution >= 4 is 51.2 Å². The van der Waals surface area contributed by atoms with Gasteiger partial charge in [0.25, 0.3) is 0 Å². The van der Waals surface area contributed by atoms with Crippen molar-refractivity contribution < 1.29 is 9.90 Å². The molecule has 1 heterocycles. The highest BCUT2D eigenvalue weighted by atomic mass is 35.5. The van der Waals surface area contributed by atoms with Crippen LogP contribution in [0.1, 0.15) is 5.56 Å². The van der Waals surface area contributed by atoms with Crippen LogP contribution in [0, 0.1) is 0 Å². The van der Waals surface area contributed by atoms with Crippen molar-refractivity contribution in [3.8, 4) is 16.9 Å². The molecular weight excluding hydrogens is 430 g/mol. The number of benzene rings is 3. The van der Waals surface area contributed by atoms with Gasteiger partial charge in [-0.1, -0.05) is 54.7 Å². The van der Waals surface area contributed by atoms with Crippen LogP contribution in [0.4, 0.5) is 5.69 Å². The van der Waals surface area contributed by atoms with Gasteiger partial charge in [-0.25, -0.2) is 0 Å². The molecule has 0 aliphatic carbocycles. The first kappa shape index (κ1) is 21.2. The number of phenolic OH excluding ortho intramolecular Hbond substituents is 1. The normalized spacial score (nSPS) is 14.0. The molecule has 1 aliphatic rings. The van der Waals surface area contributed by atoms with Gasteiger partial charge >= 0.3 is 0 Å². The second kappa shape index (κ2) is 8.57. The number of anilines is 1. The van der Waals surface area contributed by atoms with Gasteiger partial charge in [0, 0.05) is 48.0 Å². The average Bonchev–Trinajstić information content (AvgIpc) is 2.78. The number of amides is 1. The third kappa shape index (κ3) is 4.09. The molecule has 5 nitrogen and oxygen atoms in total. The van der Waals surface area contributed by atoms with Gasteiger partial charge in [-0.2, -0.15) is 0 Å². The van der Waals surface area contributed by atoms with Crippen molar-refractivity contribution in [3.05, 3.63) is 71.8 Å². The van der Waals surface area contributed by atoms with Crippen molar-refractivity contribution in [1.29, 1.82) is 0 Å². The molecule has 3 aromatic carbocycles. The molecule has 1 amide bonds. The number of piperazine rings is 1. The van der Waals surface area contributed by atoms with Crippen LogP contribution < -0.4 is 5.73 Å². The molecule has 0 unspecified atom stereocenters. The molecule has 1 aliphatic heterocycles. The Morgan fingerprint density at radius 3 is 2.45 bits per heavy atom. The first-order valence-corrected chi connectivity index (χ1v) is 10.7. The molecule has 0 atom stereocenters. The Bertz CT molecular complexity index is 1200. The van der Waals surface area contributed by atoms with Gasteiger partial charge in [-0.15, -0.1) is 0 Å². The van der Waals surface area contributed by atoms with Crippen LogP contribution in [0.2, 0.25) is 5.02 Å². The average molecular weight is 452 g/mol. The number of phenols is 1. The van der Waals surface area contributed by atoms with Crippen LogP contribution in [0.25, 0.3) is 21.9 Å². The summed E-state index contributed by atoms with van der Waals surface area (Å²) in [7, 11) is 0. The Hall–Kier alpha value is -3.09. The summed E-state index contributed by atoms with van der Waals surface area (Å²) < 4.78 is 0. The lowest BCUT2D eigenvalue weighted by atomic mass is 9.96. The molecule has 0 saturated carbocycles. The topological polar surface area (TPSA) is 69.8 Å². The predicted octanol–water partition coefficient (Wildman–Crippen LogP) is 4.45. The van der Waals surface area contributed by atoms with E-state index in [1.807, 2.05) is 35.2 Å². The van der Waals surface area contributed by atoms with E-state index in [-0.39, 0.29) is 11.7 Å². The van der Waals surface area contributed by atoms with E-state index in [0.29, 0.717) is 47.4 Å². The van der Waals surface area contributed by atoms with Crippen LogP contribution in [-0.2, 0) is 4.79 Å². The number of aromatic hydroxyl groups is 1. The maximum Gasteiger partial charge on any atom is 0.246 e. The number of fused-ring (bicyclic) bond motifs is 1. The lowest BCUT2D eigenvalue weighted by molar-refractivity contribution is -0.127. The van der Waals surface area contributed by atoms with E-state index in [9.17, 15) is 9.90 Å². The number of hydrogen-bond donors (Lipinski definition) is 2. The van der Waals surface area contributed by atoms with E-state index in [1.165, 1.54) is 6.08 Å². The Kier molecular flexibility index (Phi) is 5.85. The number of halogens is 1. The Morgan fingerprint density at radius 1 is 1.06 bits per heavy atom. The lowest BCUT2D eigenvalue weighted by Gasteiger charge is -2.36. The summed E-state index contributed by atoms with van der Waals surface area (Å²) >= 11 is 12.4. The fraction of sp³-hybridized carbons (Fsp3) is 0.167. The lowest BCUT2D eigenvalue weighted by Crippen LogP contribution is -2.50. The summed E-state index contributed by atoms with van der Waals surface area (Å²) in [5, 5.41) is 12.6. The standard InChI is InChI=1S/C24H22ClN3O2S/c1-2-23(30)27-7-9-28(10-8-27)24(31)20-13-21(25)19(14-22(20)26)18-12-16(29)11-15-5-3-4-6-17(15)18/h2-6,11-14,29H,1,7-10,26H2. The number of nitrogens with two attached hydrogens (primary N) is 1. The number of nitrogen functional groups attached to an aromatic ring is 1. The Balaban J connectivity index is 1.65. The van der Waals surface area contributed by atoms with E-state index in [2.05, 4.69) is 6.58 Å². The summed E-state index contributed by atoms with van der Waals surface area (Å²) in [5.74, 6) is 0.0886. The number of rotatable bonds is 3. The van der Waals surface area contributed by atoms with E-state index in [4.69, 9.17) is 29.6 Å². The predicted molar refractivity (Wildman–Crippen MR) is 131 cm³/mol.